The SMILES string of the molecule is Cc1sc2ccccc2c1CC(C)CN. The maximum atomic E-state index is 5.69. The lowest BCUT2D eigenvalue weighted by Crippen LogP contribution is -2.13. The molecule has 2 rings (SSSR count). The number of hydrogen-bond acceptors (Lipinski definition) is 2. The molecule has 1 heterocycles. The Hall–Kier alpha value is -0.860. The molecule has 0 fully saturated rings. The van der Waals surface area contributed by atoms with Crippen molar-refractivity contribution in [1.29, 1.82) is 0 Å². The highest BCUT2D eigenvalue weighted by Crippen LogP contribution is 2.31. The molecule has 0 amide bonds. The zero-order valence-electron chi connectivity index (χ0n) is 9.29. The molecule has 0 saturated heterocycles. The highest BCUT2D eigenvalue weighted by atomic mass is 32.1. The molecule has 0 bridgehead atoms. The average Bonchev–Trinajstić information content (AvgIpc) is 2.55. The van der Waals surface area contributed by atoms with Crippen LogP contribution in [0, 0.1) is 12.8 Å². The molecule has 1 aromatic carbocycles. The standard InChI is InChI=1S/C13H17NS/c1-9(8-14)7-12-10(2)15-13-6-4-3-5-11(12)13/h3-6,9H,7-8,14H2,1-2H3. The van der Waals surface area contributed by atoms with Crippen molar-refractivity contribution in [2.75, 3.05) is 6.54 Å². The van der Waals surface area contributed by atoms with Crippen LogP contribution < -0.4 is 5.73 Å². The quantitative estimate of drug-likeness (QED) is 0.841. The van der Waals surface area contributed by atoms with Crippen molar-refractivity contribution < 1.29 is 0 Å². The van der Waals surface area contributed by atoms with Crippen molar-refractivity contribution in [1.82, 2.24) is 0 Å². The van der Waals surface area contributed by atoms with Gasteiger partial charge < -0.3 is 5.73 Å². The third-order valence-corrected chi connectivity index (χ3v) is 3.98. The van der Waals surface area contributed by atoms with Gasteiger partial charge in [-0.05, 0) is 42.8 Å². The van der Waals surface area contributed by atoms with E-state index < -0.39 is 0 Å². The summed E-state index contributed by atoms with van der Waals surface area (Å²) in [6.07, 6.45) is 1.10. The first-order valence-electron chi connectivity index (χ1n) is 5.39. The van der Waals surface area contributed by atoms with Crippen LogP contribution in [0.5, 0.6) is 0 Å². The zero-order valence-corrected chi connectivity index (χ0v) is 10.1. The second kappa shape index (κ2) is 4.33. The van der Waals surface area contributed by atoms with Gasteiger partial charge in [0.15, 0.2) is 0 Å². The fourth-order valence-electron chi connectivity index (χ4n) is 1.91. The molecule has 2 heteroatoms. The van der Waals surface area contributed by atoms with Gasteiger partial charge in [0.25, 0.3) is 0 Å². The van der Waals surface area contributed by atoms with Gasteiger partial charge >= 0.3 is 0 Å². The maximum absolute atomic E-state index is 5.69. The van der Waals surface area contributed by atoms with Crippen LogP contribution in [-0.2, 0) is 6.42 Å². The molecule has 2 N–H and O–H groups in total. The maximum Gasteiger partial charge on any atom is 0.0348 e. The first kappa shape index (κ1) is 10.7. The summed E-state index contributed by atoms with van der Waals surface area (Å²) in [6, 6.07) is 8.64. The molecule has 0 saturated carbocycles. The van der Waals surface area contributed by atoms with E-state index in [0.717, 1.165) is 13.0 Å². The Bertz CT molecular complexity index is 459. The van der Waals surface area contributed by atoms with Crippen molar-refractivity contribution >= 4 is 21.4 Å². The van der Waals surface area contributed by atoms with E-state index in [-0.39, 0.29) is 0 Å². The Kier molecular flexibility index (Phi) is 3.08. The summed E-state index contributed by atoms with van der Waals surface area (Å²) >= 11 is 1.89. The van der Waals surface area contributed by atoms with Gasteiger partial charge in [-0.25, -0.2) is 0 Å². The fraction of sp³-hybridized carbons (Fsp3) is 0.385. The van der Waals surface area contributed by atoms with Crippen molar-refractivity contribution in [3.8, 4) is 0 Å². The molecule has 0 spiro atoms. The average molecular weight is 219 g/mol. The number of benzene rings is 1. The van der Waals surface area contributed by atoms with Crippen LogP contribution in [-0.4, -0.2) is 6.54 Å². The van der Waals surface area contributed by atoms with E-state index in [4.69, 9.17) is 5.73 Å². The first-order valence-corrected chi connectivity index (χ1v) is 6.21. The van der Waals surface area contributed by atoms with E-state index >= 15 is 0 Å². The Morgan fingerprint density at radius 2 is 2.07 bits per heavy atom. The van der Waals surface area contributed by atoms with Crippen LogP contribution >= 0.6 is 11.3 Å². The molecular formula is C13H17NS. The lowest BCUT2D eigenvalue weighted by molar-refractivity contribution is 0.594. The van der Waals surface area contributed by atoms with Crippen molar-refractivity contribution in [3.63, 3.8) is 0 Å². The summed E-state index contributed by atoms with van der Waals surface area (Å²) < 4.78 is 1.40. The summed E-state index contributed by atoms with van der Waals surface area (Å²) in [6.45, 7) is 5.19. The van der Waals surface area contributed by atoms with Gasteiger partial charge in [0.2, 0.25) is 0 Å². The predicted octanol–water partition coefficient (Wildman–Crippen LogP) is 3.35. The second-order valence-corrected chi connectivity index (χ2v) is 5.43. The number of fused-ring (bicyclic) bond motifs is 1. The van der Waals surface area contributed by atoms with Crippen LogP contribution in [0.1, 0.15) is 17.4 Å². The molecule has 15 heavy (non-hydrogen) atoms. The van der Waals surface area contributed by atoms with Crippen LogP contribution in [0.3, 0.4) is 0 Å². The number of hydrogen-bond donors (Lipinski definition) is 1. The Labute approximate surface area is 94.9 Å². The van der Waals surface area contributed by atoms with E-state index in [1.165, 1.54) is 20.5 Å². The van der Waals surface area contributed by atoms with Gasteiger partial charge in [-0.1, -0.05) is 25.1 Å². The molecule has 2 aromatic rings. The smallest absolute Gasteiger partial charge is 0.0348 e. The summed E-state index contributed by atoms with van der Waals surface area (Å²) in [5.41, 5.74) is 7.18. The number of aryl methyl sites for hydroxylation is 1. The fourth-order valence-corrected chi connectivity index (χ4v) is 3.00. The highest BCUT2D eigenvalue weighted by Gasteiger charge is 2.10. The monoisotopic (exact) mass is 219 g/mol. The second-order valence-electron chi connectivity index (χ2n) is 4.18. The molecule has 0 aliphatic rings. The Balaban J connectivity index is 2.45. The van der Waals surface area contributed by atoms with E-state index in [2.05, 4.69) is 38.1 Å². The summed E-state index contributed by atoms with van der Waals surface area (Å²) in [5.74, 6) is 0.571. The molecule has 1 aromatic heterocycles. The van der Waals surface area contributed by atoms with E-state index in [1.54, 1.807) is 0 Å². The van der Waals surface area contributed by atoms with Gasteiger partial charge in [-0.15, -0.1) is 11.3 Å². The minimum Gasteiger partial charge on any atom is -0.330 e. The van der Waals surface area contributed by atoms with Gasteiger partial charge in [-0.3, -0.25) is 0 Å². The number of thiophene rings is 1. The van der Waals surface area contributed by atoms with Crippen molar-refractivity contribution in [2.45, 2.75) is 20.3 Å². The Morgan fingerprint density at radius 3 is 2.80 bits per heavy atom. The van der Waals surface area contributed by atoms with Crippen molar-refractivity contribution in [3.05, 3.63) is 34.7 Å². The van der Waals surface area contributed by atoms with Crippen LogP contribution in [0.25, 0.3) is 10.1 Å². The van der Waals surface area contributed by atoms with Crippen LogP contribution in [0.15, 0.2) is 24.3 Å². The lowest BCUT2D eigenvalue weighted by atomic mass is 9.99. The molecule has 1 unspecified atom stereocenters. The van der Waals surface area contributed by atoms with Crippen molar-refractivity contribution in [2.24, 2.45) is 11.7 Å². The topological polar surface area (TPSA) is 26.0 Å². The molecule has 1 nitrogen and oxygen atoms in total. The molecule has 80 valence electrons. The molecule has 0 aliphatic heterocycles. The number of nitrogens with two attached hydrogens (primary N) is 1. The third-order valence-electron chi connectivity index (χ3n) is 2.86. The molecule has 1 atom stereocenters. The number of rotatable bonds is 3. The summed E-state index contributed by atoms with van der Waals surface area (Å²) in [5, 5.41) is 1.42. The van der Waals surface area contributed by atoms with Gasteiger partial charge in [0.1, 0.15) is 0 Å². The Morgan fingerprint density at radius 1 is 1.33 bits per heavy atom. The molecule has 0 aliphatic carbocycles. The molecule has 0 radical (unpaired) electrons. The largest absolute Gasteiger partial charge is 0.330 e. The van der Waals surface area contributed by atoms with E-state index in [1.807, 2.05) is 11.3 Å². The minimum absolute atomic E-state index is 0.571. The third kappa shape index (κ3) is 2.06. The van der Waals surface area contributed by atoms with Gasteiger partial charge in [0.05, 0.1) is 0 Å². The molecular weight excluding hydrogens is 202 g/mol. The van der Waals surface area contributed by atoms with Crippen LogP contribution in [0.2, 0.25) is 0 Å². The van der Waals surface area contributed by atoms with Crippen LogP contribution in [0.4, 0.5) is 0 Å². The predicted molar refractivity (Wildman–Crippen MR) is 68.5 cm³/mol. The summed E-state index contributed by atoms with van der Waals surface area (Å²) in [7, 11) is 0. The first-order chi connectivity index (χ1) is 7.22. The normalized spacial score (nSPS) is 13.3. The zero-order chi connectivity index (χ0) is 10.8. The minimum atomic E-state index is 0.571. The van der Waals surface area contributed by atoms with E-state index in [0.29, 0.717) is 5.92 Å². The van der Waals surface area contributed by atoms with Gasteiger partial charge in [-0.2, -0.15) is 0 Å². The highest BCUT2D eigenvalue weighted by molar-refractivity contribution is 7.19. The van der Waals surface area contributed by atoms with Gasteiger partial charge in [0, 0.05) is 9.58 Å². The lowest BCUT2D eigenvalue weighted by Gasteiger charge is -2.08. The van der Waals surface area contributed by atoms with E-state index in [9.17, 15) is 0 Å². The summed E-state index contributed by atoms with van der Waals surface area (Å²) in [4.78, 5) is 1.44.